The van der Waals surface area contributed by atoms with Gasteiger partial charge >= 0.3 is 5.97 Å². The van der Waals surface area contributed by atoms with Gasteiger partial charge < -0.3 is 14.5 Å². The highest BCUT2D eigenvalue weighted by atomic mass is 32.1. The average Bonchev–Trinajstić information content (AvgIpc) is 3.02. The summed E-state index contributed by atoms with van der Waals surface area (Å²) in [4.78, 5) is 12.0. The number of anilines is 1. The Morgan fingerprint density at radius 1 is 1.42 bits per heavy atom. The van der Waals surface area contributed by atoms with Crippen molar-refractivity contribution in [3.8, 4) is 0 Å². The molecule has 7 nitrogen and oxygen atoms in total. The molecule has 19 heavy (non-hydrogen) atoms. The number of aromatic nitrogens is 3. The summed E-state index contributed by atoms with van der Waals surface area (Å²) in [5.74, 6) is 0.360. The normalized spacial score (nSPS) is 10.5. The Kier molecular flexibility index (Phi) is 4.10. The lowest BCUT2D eigenvalue weighted by molar-refractivity contribution is 0.0437. The molecule has 0 aliphatic rings. The zero-order valence-corrected chi connectivity index (χ0v) is 11.7. The van der Waals surface area contributed by atoms with Crippen molar-refractivity contribution in [1.29, 1.82) is 0 Å². The maximum atomic E-state index is 12.0. The van der Waals surface area contributed by atoms with Crippen molar-refractivity contribution in [3.05, 3.63) is 23.0 Å². The monoisotopic (exact) mass is 282 g/mol. The van der Waals surface area contributed by atoms with Crippen LogP contribution in [-0.4, -0.2) is 27.6 Å². The second kappa shape index (κ2) is 5.79. The first kappa shape index (κ1) is 13.5. The molecule has 2 aromatic rings. The maximum absolute atomic E-state index is 12.0. The van der Waals surface area contributed by atoms with Crippen molar-refractivity contribution in [2.24, 2.45) is 0 Å². The Morgan fingerprint density at radius 2 is 2.16 bits per heavy atom. The molecule has 102 valence electrons. The van der Waals surface area contributed by atoms with E-state index in [9.17, 15) is 4.79 Å². The number of nitrogens with one attached hydrogen (secondary N) is 1. The smallest absolute Gasteiger partial charge is 0.343 e. The van der Waals surface area contributed by atoms with E-state index in [1.807, 2.05) is 6.92 Å². The molecule has 0 aliphatic carbocycles. The van der Waals surface area contributed by atoms with Crippen LogP contribution in [0.1, 0.15) is 34.8 Å². The fourth-order valence-electron chi connectivity index (χ4n) is 1.47. The van der Waals surface area contributed by atoms with Crippen molar-refractivity contribution in [2.45, 2.75) is 26.9 Å². The lowest BCUT2D eigenvalue weighted by Gasteiger charge is -2.03. The van der Waals surface area contributed by atoms with E-state index in [1.54, 1.807) is 14.0 Å². The molecule has 2 aromatic heterocycles. The Balaban J connectivity index is 2.03. The predicted molar refractivity (Wildman–Crippen MR) is 69.2 cm³/mol. The van der Waals surface area contributed by atoms with Gasteiger partial charge in [-0.05, 0) is 18.5 Å². The van der Waals surface area contributed by atoms with Crippen LogP contribution in [0.25, 0.3) is 0 Å². The number of carbonyl (C=O) groups is 1. The van der Waals surface area contributed by atoms with E-state index >= 15 is 0 Å². The van der Waals surface area contributed by atoms with Crippen molar-refractivity contribution < 1.29 is 13.9 Å². The standard InChI is InChI=1S/C11H14N4O3S/c1-4-7-13-14-8(18-7)5-17-11(16)9-6(2)15-19-10(9)12-3/h12H,4-5H2,1-3H3. The molecule has 1 N–H and O–H groups in total. The third-order valence-electron chi connectivity index (χ3n) is 2.43. The summed E-state index contributed by atoms with van der Waals surface area (Å²) in [5, 5.41) is 11.2. The zero-order valence-electron chi connectivity index (χ0n) is 10.9. The van der Waals surface area contributed by atoms with Crippen LogP contribution in [-0.2, 0) is 17.8 Å². The van der Waals surface area contributed by atoms with Gasteiger partial charge in [-0.3, -0.25) is 0 Å². The maximum Gasteiger partial charge on any atom is 0.343 e. The van der Waals surface area contributed by atoms with E-state index in [-0.39, 0.29) is 12.5 Å². The van der Waals surface area contributed by atoms with Crippen LogP contribution in [0.15, 0.2) is 4.42 Å². The number of carbonyl (C=O) groups excluding carboxylic acids is 1. The molecule has 0 aromatic carbocycles. The van der Waals surface area contributed by atoms with Gasteiger partial charge in [-0.15, -0.1) is 10.2 Å². The summed E-state index contributed by atoms with van der Waals surface area (Å²) in [6.45, 7) is 3.63. The highest BCUT2D eigenvalue weighted by Crippen LogP contribution is 2.24. The summed E-state index contributed by atoms with van der Waals surface area (Å²) in [6.07, 6.45) is 0.651. The van der Waals surface area contributed by atoms with E-state index in [4.69, 9.17) is 9.15 Å². The number of hydrogen-bond acceptors (Lipinski definition) is 8. The van der Waals surface area contributed by atoms with E-state index in [2.05, 4.69) is 19.9 Å². The van der Waals surface area contributed by atoms with E-state index in [0.717, 1.165) is 0 Å². The molecule has 0 amide bonds. The molecule has 0 fully saturated rings. The van der Waals surface area contributed by atoms with Crippen LogP contribution in [0.5, 0.6) is 0 Å². The molecule has 0 spiro atoms. The van der Waals surface area contributed by atoms with Gasteiger partial charge in [-0.2, -0.15) is 4.37 Å². The largest absolute Gasteiger partial charge is 0.452 e. The van der Waals surface area contributed by atoms with Crippen LogP contribution < -0.4 is 5.32 Å². The molecule has 0 unspecified atom stereocenters. The first-order valence-corrected chi connectivity index (χ1v) is 6.55. The Morgan fingerprint density at radius 3 is 2.79 bits per heavy atom. The van der Waals surface area contributed by atoms with E-state index in [0.29, 0.717) is 28.6 Å². The van der Waals surface area contributed by atoms with Gasteiger partial charge in [0.2, 0.25) is 5.89 Å². The fraction of sp³-hybridized carbons (Fsp3) is 0.455. The van der Waals surface area contributed by atoms with Crippen LogP contribution in [0.4, 0.5) is 5.00 Å². The summed E-state index contributed by atoms with van der Waals surface area (Å²) < 4.78 is 14.5. The van der Waals surface area contributed by atoms with Crippen molar-refractivity contribution in [2.75, 3.05) is 12.4 Å². The van der Waals surface area contributed by atoms with Crippen molar-refractivity contribution in [1.82, 2.24) is 14.6 Å². The molecule has 2 heterocycles. The van der Waals surface area contributed by atoms with Gasteiger partial charge in [0, 0.05) is 13.5 Å². The van der Waals surface area contributed by atoms with Gasteiger partial charge in [0.25, 0.3) is 5.89 Å². The van der Waals surface area contributed by atoms with Gasteiger partial charge in [-0.1, -0.05) is 6.92 Å². The minimum atomic E-state index is -0.452. The minimum Gasteiger partial charge on any atom is -0.452 e. The molecule has 0 bridgehead atoms. The van der Waals surface area contributed by atoms with Crippen LogP contribution in [0.3, 0.4) is 0 Å². The number of hydrogen-bond donors (Lipinski definition) is 1. The molecule has 0 aliphatic heterocycles. The number of nitrogens with zero attached hydrogens (tertiary/aromatic N) is 3. The topological polar surface area (TPSA) is 90.1 Å². The molecule has 0 atom stereocenters. The lowest BCUT2D eigenvalue weighted by atomic mass is 10.2. The molecule has 0 saturated heterocycles. The average molecular weight is 282 g/mol. The van der Waals surface area contributed by atoms with Gasteiger partial charge in [0.15, 0.2) is 6.61 Å². The van der Waals surface area contributed by atoms with Gasteiger partial charge in [0.1, 0.15) is 10.6 Å². The number of ether oxygens (including phenoxy) is 1. The van der Waals surface area contributed by atoms with Crippen LogP contribution in [0.2, 0.25) is 0 Å². The zero-order chi connectivity index (χ0) is 13.8. The summed E-state index contributed by atoms with van der Waals surface area (Å²) >= 11 is 1.22. The Bertz CT molecular complexity index is 578. The SMILES string of the molecule is CCc1nnc(COC(=O)c2c(C)nsc2NC)o1. The second-order valence-corrected chi connectivity index (χ2v) is 4.51. The number of aryl methyl sites for hydroxylation is 2. The highest BCUT2D eigenvalue weighted by molar-refractivity contribution is 7.10. The lowest BCUT2D eigenvalue weighted by Crippen LogP contribution is -2.08. The van der Waals surface area contributed by atoms with E-state index in [1.165, 1.54) is 11.5 Å². The number of rotatable bonds is 5. The molecular weight excluding hydrogens is 268 g/mol. The predicted octanol–water partition coefficient (Wildman–Crippen LogP) is 1.80. The molecule has 0 radical (unpaired) electrons. The van der Waals surface area contributed by atoms with Crippen LogP contribution in [0, 0.1) is 6.92 Å². The number of esters is 1. The molecule has 2 rings (SSSR count). The highest BCUT2D eigenvalue weighted by Gasteiger charge is 2.20. The minimum absolute atomic E-state index is 0.0374. The van der Waals surface area contributed by atoms with E-state index < -0.39 is 5.97 Å². The summed E-state index contributed by atoms with van der Waals surface area (Å²) in [7, 11) is 1.73. The fourth-order valence-corrected chi connectivity index (χ4v) is 2.20. The summed E-state index contributed by atoms with van der Waals surface area (Å²) in [5.41, 5.74) is 1.09. The van der Waals surface area contributed by atoms with Gasteiger partial charge in [-0.25, -0.2) is 4.79 Å². The van der Waals surface area contributed by atoms with Crippen LogP contribution >= 0.6 is 11.5 Å². The molecule has 8 heteroatoms. The Labute approximate surface area is 114 Å². The molecule has 0 saturated carbocycles. The quantitative estimate of drug-likeness (QED) is 0.836. The first-order valence-electron chi connectivity index (χ1n) is 5.78. The third kappa shape index (κ3) is 2.90. The second-order valence-electron chi connectivity index (χ2n) is 3.74. The molecular formula is C11H14N4O3S. The third-order valence-corrected chi connectivity index (χ3v) is 3.39. The van der Waals surface area contributed by atoms with Gasteiger partial charge in [0.05, 0.1) is 5.69 Å². The summed E-state index contributed by atoms with van der Waals surface area (Å²) in [6, 6.07) is 0. The van der Waals surface area contributed by atoms with Crippen molar-refractivity contribution in [3.63, 3.8) is 0 Å². The Hall–Kier alpha value is -1.96. The van der Waals surface area contributed by atoms with Crippen molar-refractivity contribution >= 4 is 22.5 Å². The first-order chi connectivity index (χ1) is 9.15.